The van der Waals surface area contributed by atoms with E-state index < -0.39 is 0 Å². The number of aromatic nitrogens is 4. The van der Waals surface area contributed by atoms with Crippen LogP contribution >= 0.6 is 0 Å². The molecule has 1 aliphatic rings. The minimum absolute atomic E-state index is 0.101. The first-order valence-corrected chi connectivity index (χ1v) is 9.17. The van der Waals surface area contributed by atoms with Crippen LogP contribution in [0.15, 0.2) is 30.3 Å². The second kappa shape index (κ2) is 6.68. The highest BCUT2D eigenvalue weighted by Gasteiger charge is 2.29. The number of benzene rings is 1. The Morgan fingerprint density at radius 2 is 2.04 bits per heavy atom. The van der Waals surface area contributed by atoms with Crippen LogP contribution in [0, 0.1) is 13.8 Å². The molecule has 1 aromatic carbocycles. The first-order chi connectivity index (χ1) is 12.5. The predicted octanol–water partition coefficient (Wildman–Crippen LogP) is 3.47. The van der Waals surface area contributed by atoms with Crippen molar-refractivity contribution in [3.8, 4) is 0 Å². The largest absolute Gasteiger partial charge is 0.373 e. The summed E-state index contributed by atoms with van der Waals surface area (Å²) in [6, 6.07) is 10.2. The van der Waals surface area contributed by atoms with Crippen LogP contribution in [0.5, 0.6) is 0 Å². The van der Waals surface area contributed by atoms with Gasteiger partial charge in [-0.2, -0.15) is 0 Å². The Labute approximate surface area is 153 Å². The molecule has 0 unspecified atom stereocenters. The lowest BCUT2D eigenvalue weighted by molar-refractivity contribution is 0.0314. The van der Waals surface area contributed by atoms with Crippen LogP contribution in [-0.2, 0) is 11.3 Å². The third-order valence-corrected chi connectivity index (χ3v) is 5.00. The van der Waals surface area contributed by atoms with Crippen molar-refractivity contribution < 1.29 is 4.74 Å². The van der Waals surface area contributed by atoms with Gasteiger partial charge in [-0.1, -0.05) is 12.1 Å². The van der Waals surface area contributed by atoms with E-state index in [1.807, 2.05) is 38.1 Å². The Morgan fingerprint density at radius 1 is 1.19 bits per heavy atom. The summed E-state index contributed by atoms with van der Waals surface area (Å²) in [6.07, 6.45) is 2.20. The molecule has 0 bridgehead atoms. The van der Waals surface area contributed by atoms with Crippen molar-refractivity contribution in [2.75, 3.05) is 18.5 Å². The van der Waals surface area contributed by atoms with Gasteiger partial charge in [0, 0.05) is 19.2 Å². The monoisotopic (exact) mass is 351 g/mol. The fraction of sp³-hybridized carbons (Fsp3) is 0.450. The van der Waals surface area contributed by atoms with E-state index in [-0.39, 0.29) is 5.60 Å². The number of ether oxygens (including phenoxy) is 1. The molecule has 2 aromatic heterocycles. The summed E-state index contributed by atoms with van der Waals surface area (Å²) in [4.78, 5) is 13.8. The highest BCUT2D eigenvalue weighted by atomic mass is 16.5. The first-order valence-electron chi connectivity index (χ1n) is 9.17. The molecule has 1 fully saturated rings. The smallest absolute Gasteiger partial charge is 0.130 e. The highest BCUT2D eigenvalue weighted by molar-refractivity contribution is 5.75. The quantitative estimate of drug-likeness (QED) is 0.762. The van der Waals surface area contributed by atoms with Gasteiger partial charge in [0.05, 0.1) is 28.9 Å². The van der Waals surface area contributed by atoms with Crippen LogP contribution in [0.3, 0.4) is 0 Å². The van der Waals surface area contributed by atoms with Gasteiger partial charge in [-0.15, -0.1) is 0 Å². The SMILES string of the molecule is Cc1nc(Cn2c(C)nc3ccccc32)cc(NC[C@@]2(C)CCCO2)n1. The third kappa shape index (κ3) is 3.42. The fourth-order valence-corrected chi connectivity index (χ4v) is 3.61. The predicted molar refractivity (Wildman–Crippen MR) is 102 cm³/mol. The standard InChI is InChI=1S/C20H25N5O/c1-14-22-16(11-19(23-14)21-13-20(3)9-6-10-26-20)12-25-15(2)24-17-7-4-5-8-18(17)25/h4-5,7-8,11H,6,9-10,12-13H2,1-3H3,(H,21,22,23)/t20-/m1/s1. The number of fused-ring (bicyclic) bond motifs is 1. The molecule has 26 heavy (non-hydrogen) atoms. The number of nitrogens with zero attached hydrogens (tertiary/aromatic N) is 4. The number of hydrogen-bond donors (Lipinski definition) is 1. The number of anilines is 1. The average Bonchev–Trinajstić information content (AvgIpc) is 3.17. The number of imidazole rings is 1. The van der Waals surface area contributed by atoms with Gasteiger partial charge in [0.25, 0.3) is 0 Å². The van der Waals surface area contributed by atoms with E-state index >= 15 is 0 Å². The van der Waals surface area contributed by atoms with Crippen molar-refractivity contribution in [2.24, 2.45) is 0 Å². The molecule has 0 amide bonds. The number of aryl methyl sites for hydroxylation is 2. The first kappa shape index (κ1) is 17.0. The second-order valence-electron chi connectivity index (χ2n) is 7.28. The molecule has 6 nitrogen and oxygen atoms in total. The molecule has 1 saturated heterocycles. The molecular weight excluding hydrogens is 326 g/mol. The molecule has 0 spiro atoms. The number of rotatable bonds is 5. The summed E-state index contributed by atoms with van der Waals surface area (Å²) in [5, 5.41) is 3.44. The Morgan fingerprint density at radius 3 is 2.85 bits per heavy atom. The van der Waals surface area contributed by atoms with Crippen LogP contribution in [0.25, 0.3) is 11.0 Å². The minimum atomic E-state index is -0.101. The Balaban J connectivity index is 1.57. The van der Waals surface area contributed by atoms with E-state index in [4.69, 9.17) is 4.74 Å². The van der Waals surface area contributed by atoms with Gasteiger partial charge in [-0.05, 0) is 45.7 Å². The molecular formula is C20H25N5O. The topological polar surface area (TPSA) is 64.9 Å². The zero-order valence-corrected chi connectivity index (χ0v) is 15.6. The average molecular weight is 351 g/mol. The summed E-state index contributed by atoms with van der Waals surface area (Å²) in [5.74, 6) is 2.61. The molecule has 1 atom stereocenters. The van der Waals surface area contributed by atoms with Crippen molar-refractivity contribution in [1.29, 1.82) is 0 Å². The lowest BCUT2D eigenvalue weighted by atomic mass is 10.0. The Kier molecular flexibility index (Phi) is 4.36. The van der Waals surface area contributed by atoms with Gasteiger partial charge in [0.15, 0.2) is 0 Å². The lowest BCUT2D eigenvalue weighted by Crippen LogP contribution is -2.32. The maximum absolute atomic E-state index is 5.85. The molecule has 6 heteroatoms. The summed E-state index contributed by atoms with van der Waals surface area (Å²) in [7, 11) is 0. The van der Waals surface area contributed by atoms with Gasteiger partial charge in [-0.25, -0.2) is 15.0 Å². The maximum atomic E-state index is 5.85. The molecule has 1 N–H and O–H groups in total. The van der Waals surface area contributed by atoms with Crippen molar-refractivity contribution >= 4 is 16.9 Å². The van der Waals surface area contributed by atoms with Crippen LogP contribution in [0.2, 0.25) is 0 Å². The maximum Gasteiger partial charge on any atom is 0.130 e. The summed E-state index contributed by atoms with van der Waals surface area (Å²) < 4.78 is 8.05. The molecule has 3 aromatic rings. The molecule has 1 aliphatic heterocycles. The van der Waals surface area contributed by atoms with Gasteiger partial charge >= 0.3 is 0 Å². The van der Waals surface area contributed by atoms with Crippen LogP contribution in [-0.4, -0.2) is 38.3 Å². The van der Waals surface area contributed by atoms with E-state index in [1.165, 1.54) is 0 Å². The van der Waals surface area contributed by atoms with Crippen molar-refractivity contribution in [1.82, 2.24) is 19.5 Å². The minimum Gasteiger partial charge on any atom is -0.373 e. The van der Waals surface area contributed by atoms with Crippen molar-refractivity contribution in [3.63, 3.8) is 0 Å². The molecule has 0 aliphatic carbocycles. The second-order valence-corrected chi connectivity index (χ2v) is 7.28. The van der Waals surface area contributed by atoms with E-state index in [0.29, 0.717) is 6.54 Å². The van der Waals surface area contributed by atoms with E-state index in [1.54, 1.807) is 0 Å². The van der Waals surface area contributed by atoms with E-state index in [9.17, 15) is 0 Å². The normalized spacial score (nSPS) is 20.0. The molecule has 3 heterocycles. The Hall–Kier alpha value is -2.47. The molecule has 136 valence electrons. The van der Waals surface area contributed by atoms with Crippen LogP contribution in [0.1, 0.15) is 37.1 Å². The van der Waals surface area contributed by atoms with E-state index in [0.717, 1.165) is 60.2 Å². The third-order valence-electron chi connectivity index (χ3n) is 5.00. The summed E-state index contributed by atoms with van der Waals surface area (Å²) in [6.45, 7) is 8.41. The molecule has 4 rings (SSSR count). The van der Waals surface area contributed by atoms with Gasteiger partial charge < -0.3 is 14.6 Å². The lowest BCUT2D eigenvalue weighted by Gasteiger charge is -2.23. The van der Waals surface area contributed by atoms with Crippen molar-refractivity contribution in [3.05, 3.63) is 47.7 Å². The van der Waals surface area contributed by atoms with Crippen LogP contribution in [0.4, 0.5) is 5.82 Å². The summed E-state index contributed by atoms with van der Waals surface area (Å²) >= 11 is 0. The van der Waals surface area contributed by atoms with Gasteiger partial charge in [0.1, 0.15) is 17.5 Å². The summed E-state index contributed by atoms with van der Waals surface area (Å²) in [5.41, 5.74) is 3.02. The zero-order chi connectivity index (χ0) is 18.1. The van der Waals surface area contributed by atoms with Crippen LogP contribution < -0.4 is 5.32 Å². The van der Waals surface area contributed by atoms with Gasteiger partial charge in [0.2, 0.25) is 0 Å². The number of hydrogen-bond acceptors (Lipinski definition) is 5. The van der Waals surface area contributed by atoms with Crippen molar-refractivity contribution in [2.45, 2.75) is 45.8 Å². The number of para-hydroxylation sites is 2. The van der Waals surface area contributed by atoms with E-state index in [2.05, 4.69) is 37.8 Å². The molecule has 0 radical (unpaired) electrons. The number of nitrogens with one attached hydrogen (secondary N) is 1. The molecule has 0 saturated carbocycles. The Bertz CT molecular complexity index is 927. The zero-order valence-electron chi connectivity index (χ0n) is 15.6. The highest BCUT2D eigenvalue weighted by Crippen LogP contribution is 2.25. The fourth-order valence-electron chi connectivity index (χ4n) is 3.61. The van der Waals surface area contributed by atoms with Gasteiger partial charge in [-0.3, -0.25) is 0 Å².